The van der Waals surface area contributed by atoms with E-state index in [0.29, 0.717) is 11.1 Å². The van der Waals surface area contributed by atoms with Gasteiger partial charge in [-0.25, -0.2) is 0 Å². The summed E-state index contributed by atoms with van der Waals surface area (Å²) in [5.41, 5.74) is 3.83. The van der Waals surface area contributed by atoms with Gasteiger partial charge >= 0.3 is 0 Å². The van der Waals surface area contributed by atoms with E-state index in [1.54, 1.807) is 12.3 Å². The lowest BCUT2D eigenvalue weighted by atomic mass is 10.1. The zero-order valence-corrected chi connectivity index (χ0v) is 13.8. The number of hydrogen-bond donors (Lipinski definition) is 1. The van der Waals surface area contributed by atoms with Gasteiger partial charge in [-0.05, 0) is 39.8 Å². The molecule has 0 saturated heterocycles. The number of nitrogens with zero attached hydrogens (tertiary/aromatic N) is 3. The van der Waals surface area contributed by atoms with Gasteiger partial charge in [-0.15, -0.1) is 0 Å². The van der Waals surface area contributed by atoms with Crippen molar-refractivity contribution in [2.24, 2.45) is 0 Å². The first-order chi connectivity index (χ1) is 11.0. The van der Waals surface area contributed by atoms with Crippen LogP contribution in [0.3, 0.4) is 0 Å². The molecule has 0 radical (unpaired) electrons. The molecule has 2 aromatic heterocycles. The van der Waals surface area contributed by atoms with Crippen LogP contribution in [0.5, 0.6) is 0 Å². The van der Waals surface area contributed by atoms with Gasteiger partial charge in [-0.2, -0.15) is 5.10 Å². The quantitative estimate of drug-likeness (QED) is 0.798. The number of hydrogen-bond acceptors (Lipinski definition) is 3. The van der Waals surface area contributed by atoms with Gasteiger partial charge in [0.2, 0.25) is 0 Å². The minimum Gasteiger partial charge on any atom is -0.319 e. The zero-order valence-electron chi connectivity index (χ0n) is 13.8. The van der Waals surface area contributed by atoms with E-state index in [-0.39, 0.29) is 11.9 Å². The van der Waals surface area contributed by atoms with Crippen LogP contribution in [0.25, 0.3) is 10.9 Å². The molecule has 0 aliphatic carbocycles. The Kier molecular flexibility index (Phi) is 3.86. The molecule has 1 amide bonds. The summed E-state index contributed by atoms with van der Waals surface area (Å²) in [6, 6.07) is 9.68. The summed E-state index contributed by atoms with van der Waals surface area (Å²) >= 11 is 0. The number of anilines is 1. The number of benzene rings is 1. The second kappa shape index (κ2) is 5.83. The number of fused-ring (bicyclic) bond motifs is 1. The van der Waals surface area contributed by atoms with Crippen molar-refractivity contribution >= 4 is 22.5 Å². The molecule has 0 bridgehead atoms. The summed E-state index contributed by atoms with van der Waals surface area (Å²) in [6.45, 7) is 8.01. The minimum atomic E-state index is -0.163. The molecule has 0 aliphatic rings. The molecule has 118 valence electrons. The molecule has 0 unspecified atom stereocenters. The van der Waals surface area contributed by atoms with Crippen LogP contribution in [-0.2, 0) is 0 Å². The number of carbonyl (C=O) groups is 1. The Morgan fingerprint density at radius 1 is 1.17 bits per heavy atom. The highest BCUT2D eigenvalue weighted by atomic mass is 16.1. The average Bonchev–Trinajstić information content (AvgIpc) is 2.82. The number of aryl methyl sites for hydroxylation is 1. The van der Waals surface area contributed by atoms with Crippen molar-refractivity contribution in [1.82, 2.24) is 14.8 Å². The van der Waals surface area contributed by atoms with Gasteiger partial charge in [0.25, 0.3) is 5.91 Å². The van der Waals surface area contributed by atoms with E-state index in [9.17, 15) is 4.79 Å². The Labute approximate surface area is 135 Å². The molecule has 3 rings (SSSR count). The van der Waals surface area contributed by atoms with E-state index in [2.05, 4.69) is 29.2 Å². The van der Waals surface area contributed by atoms with E-state index in [1.165, 1.54) is 0 Å². The SMILES string of the molecule is Cc1nn(C(C)C)c(C)c1NC(=O)c1cccc2cccnc12. The first-order valence-corrected chi connectivity index (χ1v) is 7.70. The van der Waals surface area contributed by atoms with Gasteiger partial charge in [0.15, 0.2) is 0 Å². The molecule has 5 nitrogen and oxygen atoms in total. The van der Waals surface area contributed by atoms with Crippen molar-refractivity contribution in [1.29, 1.82) is 0 Å². The van der Waals surface area contributed by atoms with Gasteiger partial charge in [-0.1, -0.05) is 18.2 Å². The molecular formula is C18H20N4O. The highest BCUT2D eigenvalue weighted by Crippen LogP contribution is 2.24. The lowest BCUT2D eigenvalue weighted by molar-refractivity contribution is 0.102. The number of amides is 1. The fourth-order valence-corrected chi connectivity index (χ4v) is 2.81. The number of pyridine rings is 1. The van der Waals surface area contributed by atoms with Crippen molar-refractivity contribution in [3.8, 4) is 0 Å². The third kappa shape index (κ3) is 2.70. The Balaban J connectivity index is 1.99. The maximum atomic E-state index is 12.7. The predicted octanol–water partition coefficient (Wildman–Crippen LogP) is 3.88. The summed E-state index contributed by atoms with van der Waals surface area (Å²) in [5.74, 6) is -0.163. The van der Waals surface area contributed by atoms with E-state index in [1.807, 2.05) is 42.8 Å². The van der Waals surface area contributed by atoms with Crippen LogP contribution in [0.4, 0.5) is 5.69 Å². The van der Waals surface area contributed by atoms with E-state index in [0.717, 1.165) is 22.5 Å². The maximum absolute atomic E-state index is 12.7. The molecule has 0 atom stereocenters. The monoisotopic (exact) mass is 308 g/mol. The molecule has 5 heteroatoms. The summed E-state index contributed by atoms with van der Waals surface area (Å²) in [7, 11) is 0. The van der Waals surface area contributed by atoms with Crippen LogP contribution >= 0.6 is 0 Å². The second-order valence-electron chi connectivity index (χ2n) is 5.92. The molecule has 0 fully saturated rings. The fraction of sp³-hybridized carbons (Fsp3) is 0.278. The van der Waals surface area contributed by atoms with Crippen LogP contribution < -0.4 is 5.32 Å². The Morgan fingerprint density at radius 2 is 1.91 bits per heavy atom. The smallest absolute Gasteiger partial charge is 0.257 e. The highest BCUT2D eigenvalue weighted by molar-refractivity contribution is 6.12. The van der Waals surface area contributed by atoms with Gasteiger partial charge < -0.3 is 5.32 Å². The normalized spacial score (nSPS) is 11.2. The van der Waals surface area contributed by atoms with Crippen molar-refractivity contribution in [3.05, 3.63) is 53.5 Å². The van der Waals surface area contributed by atoms with Gasteiger partial charge in [0.1, 0.15) is 0 Å². The number of rotatable bonds is 3. The molecule has 1 aromatic carbocycles. The molecule has 2 heterocycles. The molecule has 0 saturated carbocycles. The minimum absolute atomic E-state index is 0.163. The molecule has 0 aliphatic heterocycles. The largest absolute Gasteiger partial charge is 0.319 e. The second-order valence-corrected chi connectivity index (χ2v) is 5.92. The van der Waals surface area contributed by atoms with Crippen LogP contribution in [-0.4, -0.2) is 20.7 Å². The fourth-order valence-electron chi connectivity index (χ4n) is 2.81. The Morgan fingerprint density at radius 3 is 2.61 bits per heavy atom. The summed E-state index contributed by atoms with van der Waals surface area (Å²) in [5, 5.41) is 8.46. The third-order valence-electron chi connectivity index (χ3n) is 3.93. The number of nitrogens with one attached hydrogen (secondary N) is 1. The van der Waals surface area contributed by atoms with E-state index >= 15 is 0 Å². The van der Waals surface area contributed by atoms with Crippen molar-refractivity contribution in [2.45, 2.75) is 33.7 Å². The standard InChI is InChI=1S/C18H20N4O/c1-11(2)22-13(4)16(12(3)21-22)20-18(23)15-9-5-7-14-8-6-10-19-17(14)15/h5-11H,1-4H3,(H,20,23). The maximum Gasteiger partial charge on any atom is 0.257 e. The third-order valence-corrected chi connectivity index (χ3v) is 3.93. The van der Waals surface area contributed by atoms with E-state index < -0.39 is 0 Å². The Hall–Kier alpha value is -2.69. The van der Waals surface area contributed by atoms with Crippen molar-refractivity contribution in [3.63, 3.8) is 0 Å². The van der Waals surface area contributed by atoms with Gasteiger partial charge in [-0.3, -0.25) is 14.5 Å². The molecule has 23 heavy (non-hydrogen) atoms. The first-order valence-electron chi connectivity index (χ1n) is 7.70. The summed E-state index contributed by atoms with van der Waals surface area (Å²) in [4.78, 5) is 17.1. The number of para-hydroxylation sites is 1. The lowest BCUT2D eigenvalue weighted by Gasteiger charge is -2.10. The van der Waals surface area contributed by atoms with Crippen LogP contribution in [0.1, 0.15) is 41.6 Å². The molecular weight excluding hydrogens is 288 g/mol. The molecule has 1 N–H and O–H groups in total. The zero-order chi connectivity index (χ0) is 16.6. The lowest BCUT2D eigenvalue weighted by Crippen LogP contribution is -2.14. The van der Waals surface area contributed by atoms with Gasteiger partial charge in [0, 0.05) is 17.6 Å². The topological polar surface area (TPSA) is 59.8 Å². The first kappa shape index (κ1) is 15.2. The van der Waals surface area contributed by atoms with Crippen LogP contribution in [0.15, 0.2) is 36.5 Å². The van der Waals surface area contributed by atoms with E-state index in [4.69, 9.17) is 0 Å². The number of carbonyl (C=O) groups excluding carboxylic acids is 1. The van der Waals surface area contributed by atoms with Crippen molar-refractivity contribution < 1.29 is 4.79 Å². The van der Waals surface area contributed by atoms with Crippen LogP contribution in [0.2, 0.25) is 0 Å². The number of aromatic nitrogens is 3. The van der Waals surface area contributed by atoms with Crippen LogP contribution in [0, 0.1) is 13.8 Å². The van der Waals surface area contributed by atoms with Gasteiger partial charge in [0.05, 0.1) is 28.2 Å². The average molecular weight is 308 g/mol. The highest BCUT2D eigenvalue weighted by Gasteiger charge is 2.18. The van der Waals surface area contributed by atoms with Crippen molar-refractivity contribution in [2.75, 3.05) is 5.32 Å². The molecule has 3 aromatic rings. The summed E-state index contributed by atoms with van der Waals surface area (Å²) in [6.07, 6.45) is 1.70. The predicted molar refractivity (Wildman–Crippen MR) is 91.8 cm³/mol. The Bertz CT molecular complexity index is 875. The summed E-state index contributed by atoms with van der Waals surface area (Å²) < 4.78 is 1.92. The molecule has 0 spiro atoms.